The number of carbonyl (C=O) groups is 1. The van der Waals surface area contributed by atoms with Gasteiger partial charge < -0.3 is 10.8 Å². The Hall–Kier alpha value is -1.51. The van der Waals surface area contributed by atoms with E-state index in [0.29, 0.717) is 12.1 Å². The molecule has 70 valence electrons. The monoisotopic (exact) mass is 179 g/mol. The Morgan fingerprint density at radius 1 is 1.62 bits per heavy atom. The summed E-state index contributed by atoms with van der Waals surface area (Å²) in [7, 11) is 0. The van der Waals surface area contributed by atoms with Crippen LogP contribution in [0.15, 0.2) is 24.3 Å². The van der Waals surface area contributed by atoms with Gasteiger partial charge in [0, 0.05) is 5.69 Å². The molecule has 0 aliphatic heterocycles. The first-order chi connectivity index (χ1) is 6.09. The van der Waals surface area contributed by atoms with Crippen molar-refractivity contribution in [3.63, 3.8) is 0 Å². The van der Waals surface area contributed by atoms with E-state index in [-0.39, 0.29) is 5.92 Å². The number of nitrogen functional groups attached to an aromatic ring is 1. The molecule has 0 heterocycles. The van der Waals surface area contributed by atoms with Gasteiger partial charge in [-0.25, -0.2) is 0 Å². The normalized spacial score (nSPS) is 12.4. The second kappa shape index (κ2) is 3.94. The van der Waals surface area contributed by atoms with Crippen molar-refractivity contribution in [2.45, 2.75) is 13.3 Å². The zero-order chi connectivity index (χ0) is 9.84. The molecule has 0 bridgehead atoms. The standard InChI is InChI=1S/C10H13NO2/c1-7(10(12)13)5-8-3-2-4-9(11)6-8/h2-4,6-7H,5,11H2,1H3,(H,12,13). The van der Waals surface area contributed by atoms with Gasteiger partial charge >= 0.3 is 5.97 Å². The van der Waals surface area contributed by atoms with Crippen LogP contribution in [0.2, 0.25) is 0 Å². The first-order valence-electron chi connectivity index (χ1n) is 4.17. The van der Waals surface area contributed by atoms with Crippen LogP contribution in [-0.2, 0) is 11.2 Å². The van der Waals surface area contributed by atoms with Crippen LogP contribution >= 0.6 is 0 Å². The molecule has 0 spiro atoms. The lowest BCUT2D eigenvalue weighted by atomic mass is 10.0. The molecule has 3 heteroatoms. The molecule has 0 saturated carbocycles. The summed E-state index contributed by atoms with van der Waals surface area (Å²) in [5, 5.41) is 8.68. The van der Waals surface area contributed by atoms with E-state index in [1.54, 1.807) is 19.1 Å². The van der Waals surface area contributed by atoms with Crippen LogP contribution in [0, 0.1) is 5.92 Å². The first kappa shape index (κ1) is 9.58. The average Bonchev–Trinajstić information content (AvgIpc) is 2.04. The summed E-state index contributed by atoms with van der Waals surface area (Å²) in [5.74, 6) is -1.13. The minimum Gasteiger partial charge on any atom is -0.481 e. The molecule has 1 rings (SSSR count). The van der Waals surface area contributed by atoms with E-state index in [9.17, 15) is 4.79 Å². The van der Waals surface area contributed by atoms with Crippen molar-refractivity contribution in [2.24, 2.45) is 5.92 Å². The topological polar surface area (TPSA) is 63.3 Å². The Labute approximate surface area is 77.2 Å². The highest BCUT2D eigenvalue weighted by molar-refractivity contribution is 5.70. The third-order valence-corrected chi connectivity index (χ3v) is 1.91. The first-order valence-corrected chi connectivity index (χ1v) is 4.17. The summed E-state index contributed by atoms with van der Waals surface area (Å²) in [6.45, 7) is 1.69. The SMILES string of the molecule is CC(Cc1cccc(N)c1)C(=O)O. The molecule has 13 heavy (non-hydrogen) atoms. The van der Waals surface area contributed by atoms with Gasteiger partial charge in [0.2, 0.25) is 0 Å². The van der Waals surface area contributed by atoms with Crippen LogP contribution in [0.3, 0.4) is 0 Å². The maximum atomic E-state index is 10.6. The number of aliphatic carboxylic acids is 1. The lowest BCUT2D eigenvalue weighted by molar-refractivity contribution is -0.141. The molecule has 0 aliphatic carbocycles. The second-order valence-corrected chi connectivity index (χ2v) is 3.19. The van der Waals surface area contributed by atoms with Gasteiger partial charge in [-0.3, -0.25) is 4.79 Å². The smallest absolute Gasteiger partial charge is 0.306 e. The quantitative estimate of drug-likeness (QED) is 0.691. The lowest BCUT2D eigenvalue weighted by Crippen LogP contribution is -2.12. The maximum absolute atomic E-state index is 10.6. The van der Waals surface area contributed by atoms with Gasteiger partial charge in [-0.1, -0.05) is 19.1 Å². The fourth-order valence-electron chi connectivity index (χ4n) is 1.16. The molecule has 1 atom stereocenters. The molecule has 0 fully saturated rings. The van der Waals surface area contributed by atoms with Crippen LogP contribution in [0.25, 0.3) is 0 Å². The highest BCUT2D eigenvalue weighted by atomic mass is 16.4. The Morgan fingerprint density at radius 3 is 2.85 bits per heavy atom. The van der Waals surface area contributed by atoms with Gasteiger partial charge in [0.25, 0.3) is 0 Å². The molecule has 1 aromatic carbocycles. The van der Waals surface area contributed by atoms with Gasteiger partial charge in [0.15, 0.2) is 0 Å². The summed E-state index contributed by atoms with van der Waals surface area (Å²) in [5.41, 5.74) is 7.21. The lowest BCUT2D eigenvalue weighted by Gasteiger charge is -2.06. The molecule has 3 nitrogen and oxygen atoms in total. The third-order valence-electron chi connectivity index (χ3n) is 1.91. The molecule has 0 aromatic heterocycles. The highest BCUT2D eigenvalue weighted by Crippen LogP contribution is 2.11. The maximum Gasteiger partial charge on any atom is 0.306 e. The Morgan fingerprint density at radius 2 is 2.31 bits per heavy atom. The number of rotatable bonds is 3. The summed E-state index contributed by atoms with van der Waals surface area (Å²) in [6, 6.07) is 7.31. The number of hydrogen-bond acceptors (Lipinski definition) is 2. The van der Waals surface area contributed by atoms with E-state index in [1.807, 2.05) is 12.1 Å². The van der Waals surface area contributed by atoms with Gasteiger partial charge in [-0.05, 0) is 24.1 Å². The molecule has 1 unspecified atom stereocenters. The van der Waals surface area contributed by atoms with Crippen LogP contribution in [0.5, 0.6) is 0 Å². The van der Waals surface area contributed by atoms with Crippen molar-refractivity contribution < 1.29 is 9.90 Å². The largest absolute Gasteiger partial charge is 0.481 e. The van der Waals surface area contributed by atoms with E-state index < -0.39 is 5.97 Å². The Balaban J connectivity index is 2.69. The molecule has 0 aliphatic rings. The van der Waals surface area contributed by atoms with Crippen molar-refractivity contribution in [3.05, 3.63) is 29.8 Å². The van der Waals surface area contributed by atoms with Crippen molar-refractivity contribution >= 4 is 11.7 Å². The van der Waals surface area contributed by atoms with E-state index in [2.05, 4.69) is 0 Å². The molecule has 0 amide bonds. The van der Waals surface area contributed by atoms with Gasteiger partial charge in [-0.2, -0.15) is 0 Å². The van der Waals surface area contributed by atoms with Crippen LogP contribution in [0.4, 0.5) is 5.69 Å². The van der Waals surface area contributed by atoms with Crippen LogP contribution < -0.4 is 5.73 Å². The molecule has 0 radical (unpaired) electrons. The third kappa shape index (κ3) is 2.78. The highest BCUT2D eigenvalue weighted by Gasteiger charge is 2.10. The summed E-state index contributed by atoms with van der Waals surface area (Å²) in [4.78, 5) is 10.6. The number of carboxylic acid groups (broad SMARTS) is 1. The molecular formula is C10H13NO2. The van der Waals surface area contributed by atoms with E-state index in [0.717, 1.165) is 5.56 Å². The predicted octanol–water partition coefficient (Wildman–Crippen LogP) is 1.53. The van der Waals surface area contributed by atoms with Crippen molar-refractivity contribution in [1.82, 2.24) is 0 Å². The molecule has 1 aromatic rings. The van der Waals surface area contributed by atoms with Gasteiger partial charge in [0.1, 0.15) is 0 Å². The van der Waals surface area contributed by atoms with Crippen molar-refractivity contribution in [3.8, 4) is 0 Å². The summed E-state index contributed by atoms with van der Waals surface area (Å²) in [6.07, 6.45) is 0.528. The second-order valence-electron chi connectivity index (χ2n) is 3.19. The fraction of sp³-hybridized carbons (Fsp3) is 0.300. The molecule has 0 saturated heterocycles. The average molecular weight is 179 g/mol. The number of benzene rings is 1. The summed E-state index contributed by atoms with van der Waals surface area (Å²) < 4.78 is 0. The van der Waals surface area contributed by atoms with Crippen molar-refractivity contribution in [2.75, 3.05) is 5.73 Å². The van der Waals surface area contributed by atoms with Crippen LogP contribution in [0.1, 0.15) is 12.5 Å². The number of nitrogens with two attached hydrogens (primary N) is 1. The number of anilines is 1. The van der Waals surface area contributed by atoms with Gasteiger partial charge in [0.05, 0.1) is 5.92 Å². The Kier molecular flexibility index (Phi) is 2.90. The summed E-state index contributed by atoms with van der Waals surface area (Å²) >= 11 is 0. The van der Waals surface area contributed by atoms with E-state index >= 15 is 0 Å². The van der Waals surface area contributed by atoms with E-state index in [4.69, 9.17) is 10.8 Å². The zero-order valence-electron chi connectivity index (χ0n) is 7.53. The fourth-order valence-corrected chi connectivity index (χ4v) is 1.16. The number of carboxylic acids is 1. The van der Waals surface area contributed by atoms with Crippen molar-refractivity contribution in [1.29, 1.82) is 0 Å². The predicted molar refractivity (Wildman–Crippen MR) is 51.4 cm³/mol. The van der Waals surface area contributed by atoms with Crippen LogP contribution in [-0.4, -0.2) is 11.1 Å². The van der Waals surface area contributed by atoms with Gasteiger partial charge in [-0.15, -0.1) is 0 Å². The molecular weight excluding hydrogens is 166 g/mol. The minimum atomic E-state index is -0.776. The Bertz CT molecular complexity index is 310. The minimum absolute atomic E-state index is 0.359. The number of hydrogen-bond donors (Lipinski definition) is 2. The zero-order valence-corrected chi connectivity index (χ0v) is 7.53. The van der Waals surface area contributed by atoms with E-state index in [1.165, 1.54) is 0 Å². The molecule has 3 N–H and O–H groups in total.